The molecule has 5 heteroatoms. The van der Waals surface area contributed by atoms with Crippen molar-refractivity contribution in [2.45, 2.75) is 33.6 Å². The number of esters is 1. The third kappa shape index (κ3) is 4.11. The van der Waals surface area contributed by atoms with E-state index in [1.165, 1.54) is 6.07 Å². The van der Waals surface area contributed by atoms with Crippen LogP contribution < -0.4 is 11.1 Å². The van der Waals surface area contributed by atoms with Crippen LogP contribution >= 0.6 is 0 Å². The number of halogens is 1. The molecule has 0 bridgehead atoms. The molecule has 0 aliphatic carbocycles. The average Bonchev–Trinajstić information content (AvgIpc) is 2.42. The highest BCUT2D eigenvalue weighted by Crippen LogP contribution is 2.23. The summed E-state index contributed by atoms with van der Waals surface area (Å²) in [7, 11) is 0. The van der Waals surface area contributed by atoms with Crippen molar-refractivity contribution in [1.82, 2.24) is 0 Å². The van der Waals surface area contributed by atoms with Gasteiger partial charge in [-0.2, -0.15) is 0 Å². The monoisotopic (exact) mass is 282 g/mol. The Kier molecular flexibility index (Phi) is 6.28. The zero-order valence-electron chi connectivity index (χ0n) is 12.3. The van der Waals surface area contributed by atoms with Gasteiger partial charge in [0.25, 0.3) is 0 Å². The molecule has 0 saturated heterocycles. The van der Waals surface area contributed by atoms with E-state index in [2.05, 4.69) is 19.2 Å². The van der Waals surface area contributed by atoms with Gasteiger partial charge < -0.3 is 15.8 Å². The third-order valence-electron chi connectivity index (χ3n) is 3.37. The van der Waals surface area contributed by atoms with Crippen molar-refractivity contribution in [2.24, 2.45) is 5.92 Å². The van der Waals surface area contributed by atoms with E-state index < -0.39 is 11.8 Å². The zero-order chi connectivity index (χ0) is 15.1. The molecular weight excluding hydrogens is 259 g/mol. The Labute approximate surface area is 119 Å². The Balaban J connectivity index is 2.91. The van der Waals surface area contributed by atoms with Crippen LogP contribution in [0.3, 0.4) is 0 Å². The molecule has 0 saturated carbocycles. The lowest BCUT2D eigenvalue weighted by atomic mass is 10.0. The second kappa shape index (κ2) is 7.72. The first-order chi connectivity index (χ1) is 9.53. The first-order valence-corrected chi connectivity index (χ1v) is 7.03. The van der Waals surface area contributed by atoms with Gasteiger partial charge in [0.1, 0.15) is 5.82 Å². The quantitative estimate of drug-likeness (QED) is 0.594. The third-order valence-corrected chi connectivity index (χ3v) is 3.37. The van der Waals surface area contributed by atoms with E-state index in [4.69, 9.17) is 10.5 Å². The number of nitrogens with two attached hydrogens (primary N) is 1. The minimum atomic E-state index is -0.532. The van der Waals surface area contributed by atoms with Gasteiger partial charge in [-0.05, 0) is 25.0 Å². The Morgan fingerprint density at radius 2 is 2.00 bits per heavy atom. The van der Waals surface area contributed by atoms with Gasteiger partial charge in [-0.25, -0.2) is 9.18 Å². The van der Waals surface area contributed by atoms with Crippen LogP contribution in [-0.4, -0.2) is 19.1 Å². The van der Waals surface area contributed by atoms with E-state index in [-0.39, 0.29) is 23.5 Å². The number of nitrogen functional groups attached to an aromatic ring is 1. The highest BCUT2D eigenvalue weighted by Gasteiger charge is 2.15. The van der Waals surface area contributed by atoms with Crippen molar-refractivity contribution in [2.75, 3.05) is 24.2 Å². The van der Waals surface area contributed by atoms with E-state index in [1.807, 2.05) is 0 Å². The number of hydrogen-bond acceptors (Lipinski definition) is 4. The number of hydrogen-bond donors (Lipinski definition) is 2. The van der Waals surface area contributed by atoms with Crippen LogP contribution in [-0.2, 0) is 4.74 Å². The number of anilines is 2. The molecule has 20 heavy (non-hydrogen) atoms. The lowest BCUT2D eigenvalue weighted by molar-refractivity contribution is 0.0527. The van der Waals surface area contributed by atoms with Gasteiger partial charge in [0, 0.05) is 12.2 Å². The molecular formula is C15H23FN2O2. The number of ether oxygens (including phenoxy) is 1. The van der Waals surface area contributed by atoms with Gasteiger partial charge in [-0.15, -0.1) is 0 Å². The normalized spacial score (nSPS) is 10.7. The topological polar surface area (TPSA) is 64.3 Å². The maximum atomic E-state index is 13.8. The zero-order valence-corrected chi connectivity index (χ0v) is 12.3. The molecule has 112 valence electrons. The van der Waals surface area contributed by atoms with Crippen LogP contribution in [0.15, 0.2) is 12.1 Å². The largest absolute Gasteiger partial charge is 0.462 e. The Hall–Kier alpha value is -1.78. The summed E-state index contributed by atoms with van der Waals surface area (Å²) in [5.41, 5.74) is 6.23. The molecule has 0 atom stereocenters. The second-order valence-corrected chi connectivity index (χ2v) is 4.70. The van der Waals surface area contributed by atoms with Crippen molar-refractivity contribution in [3.8, 4) is 0 Å². The lowest BCUT2D eigenvalue weighted by Gasteiger charge is -2.16. The summed E-state index contributed by atoms with van der Waals surface area (Å²) in [5, 5.41) is 3.04. The van der Waals surface area contributed by atoms with Crippen LogP contribution in [0.25, 0.3) is 0 Å². The van der Waals surface area contributed by atoms with E-state index in [9.17, 15) is 9.18 Å². The fourth-order valence-corrected chi connectivity index (χ4v) is 1.94. The molecule has 1 rings (SSSR count). The summed E-state index contributed by atoms with van der Waals surface area (Å²) in [6.07, 6.45) is 2.04. The SMILES string of the molecule is CCOC(=O)c1cc(NCC(CC)CC)c(F)cc1N. The molecule has 1 aromatic rings. The van der Waals surface area contributed by atoms with Crippen LogP contribution in [0, 0.1) is 11.7 Å². The molecule has 0 aliphatic rings. The average molecular weight is 282 g/mol. The molecule has 1 aromatic carbocycles. The molecule has 0 amide bonds. The van der Waals surface area contributed by atoms with Crippen molar-refractivity contribution in [3.63, 3.8) is 0 Å². The Morgan fingerprint density at radius 1 is 1.35 bits per heavy atom. The van der Waals surface area contributed by atoms with Crippen molar-refractivity contribution >= 4 is 17.3 Å². The molecule has 0 unspecified atom stereocenters. The van der Waals surface area contributed by atoms with E-state index in [1.54, 1.807) is 6.92 Å². The fourth-order valence-electron chi connectivity index (χ4n) is 1.94. The van der Waals surface area contributed by atoms with Crippen LogP contribution in [0.5, 0.6) is 0 Å². The van der Waals surface area contributed by atoms with E-state index in [0.717, 1.165) is 18.9 Å². The number of carbonyl (C=O) groups excluding carboxylic acids is 1. The van der Waals surface area contributed by atoms with Crippen molar-refractivity contribution < 1.29 is 13.9 Å². The summed E-state index contributed by atoms with van der Waals surface area (Å²) < 4.78 is 18.7. The van der Waals surface area contributed by atoms with Gasteiger partial charge in [0.05, 0.1) is 17.9 Å². The Bertz CT molecular complexity index is 459. The molecule has 3 N–H and O–H groups in total. The molecule has 0 radical (unpaired) electrons. The van der Waals surface area contributed by atoms with Crippen LogP contribution in [0.2, 0.25) is 0 Å². The van der Waals surface area contributed by atoms with E-state index >= 15 is 0 Å². The summed E-state index contributed by atoms with van der Waals surface area (Å²) in [6.45, 7) is 6.82. The molecule has 4 nitrogen and oxygen atoms in total. The summed E-state index contributed by atoms with van der Waals surface area (Å²) >= 11 is 0. The van der Waals surface area contributed by atoms with Crippen molar-refractivity contribution in [3.05, 3.63) is 23.5 Å². The summed E-state index contributed by atoms with van der Waals surface area (Å²) in [6, 6.07) is 2.58. The minimum absolute atomic E-state index is 0.0917. The fraction of sp³-hybridized carbons (Fsp3) is 0.533. The van der Waals surface area contributed by atoms with Gasteiger partial charge in [0.2, 0.25) is 0 Å². The van der Waals surface area contributed by atoms with Gasteiger partial charge in [-0.1, -0.05) is 26.7 Å². The van der Waals surface area contributed by atoms with Gasteiger partial charge in [0.15, 0.2) is 0 Å². The molecule has 0 heterocycles. The maximum absolute atomic E-state index is 13.8. The first-order valence-electron chi connectivity index (χ1n) is 7.03. The van der Waals surface area contributed by atoms with Gasteiger partial charge >= 0.3 is 5.97 Å². The standard InChI is InChI=1S/C15H23FN2O2/c1-4-10(5-2)9-18-14-7-11(15(19)20-6-3)13(17)8-12(14)16/h7-8,10,18H,4-6,9,17H2,1-3H3. The Morgan fingerprint density at radius 3 is 2.55 bits per heavy atom. The first kappa shape index (κ1) is 16.3. The smallest absolute Gasteiger partial charge is 0.340 e. The van der Waals surface area contributed by atoms with Crippen LogP contribution in [0.4, 0.5) is 15.8 Å². The summed E-state index contributed by atoms with van der Waals surface area (Å²) in [5.74, 6) is -0.518. The number of nitrogens with one attached hydrogen (secondary N) is 1. The number of rotatable bonds is 7. The molecule has 0 fully saturated rings. The van der Waals surface area contributed by atoms with E-state index in [0.29, 0.717) is 12.5 Å². The second-order valence-electron chi connectivity index (χ2n) is 4.70. The number of benzene rings is 1. The predicted molar refractivity (Wildman–Crippen MR) is 79.3 cm³/mol. The lowest BCUT2D eigenvalue weighted by Crippen LogP contribution is -2.15. The molecule has 0 spiro atoms. The van der Waals surface area contributed by atoms with Crippen LogP contribution in [0.1, 0.15) is 44.0 Å². The maximum Gasteiger partial charge on any atom is 0.340 e. The highest BCUT2D eigenvalue weighted by atomic mass is 19.1. The van der Waals surface area contributed by atoms with Gasteiger partial charge in [-0.3, -0.25) is 0 Å². The highest BCUT2D eigenvalue weighted by molar-refractivity contribution is 5.96. The number of carbonyl (C=O) groups is 1. The molecule has 0 aliphatic heterocycles. The predicted octanol–water partition coefficient (Wildman–Crippen LogP) is 3.43. The van der Waals surface area contributed by atoms with Crippen molar-refractivity contribution in [1.29, 1.82) is 0 Å². The minimum Gasteiger partial charge on any atom is -0.462 e. The summed E-state index contributed by atoms with van der Waals surface area (Å²) in [4.78, 5) is 11.7. The molecule has 0 aromatic heterocycles.